The van der Waals surface area contributed by atoms with Crippen LogP contribution in [0.5, 0.6) is 5.88 Å². The molecule has 2 heterocycles. The maximum Gasteiger partial charge on any atom is 0.213 e. The summed E-state index contributed by atoms with van der Waals surface area (Å²) in [6.45, 7) is 7.12. The maximum atomic E-state index is 5.74. The highest BCUT2D eigenvalue weighted by Crippen LogP contribution is 2.18. The van der Waals surface area contributed by atoms with Crippen LogP contribution < -0.4 is 10.1 Å². The Morgan fingerprint density at radius 2 is 2.30 bits per heavy atom. The lowest BCUT2D eigenvalue weighted by Gasteiger charge is -2.19. The predicted octanol–water partition coefficient (Wildman–Crippen LogP) is 2.44. The van der Waals surface area contributed by atoms with E-state index in [1.165, 1.54) is 24.9 Å². The molecule has 0 aliphatic carbocycles. The standard InChI is InChI=1S/C16H27N3O/c1-13(2)17-11-14-6-7-16(18-12-14)20-10-8-15-5-4-9-19(15)3/h6-7,12-13,15,17H,4-5,8-11H2,1-3H3. The van der Waals surface area contributed by atoms with Gasteiger partial charge in [-0.3, -0.25) is 0 Å². The molecule has 0 saturated carbocycles. The Kier molecular flexibility index (Phi) is 5.80. The van der Waals surface area contributed by atoms with Crippen molar-refractivity contribution in [2.75, 3.05) is 20.2 Å². The Bertz CT molecular complexity index is 391. The summed E-state index contributed by atoms with van der Waals surface area (Å²) in [4.78, 5) is 6.79. The molecule has 2 rings (SSSR count). The minimum Gasteiger partial charge on any atom is -0.478 e. The molecule has 0 aromatic carbocycles. The summed E-state index contributed by atoms with van der Waals surface area (Å²) >= 11 is 0. The number of nitrogens with zero attached hydrogens (tertiary/aromatic N) is 2. The van der Waals surface area contributed by atoms with Crippen molar-refractivity contribution in [1.82, 2.24) is 15.2 Å². The molecule has 1 aliphatic rings. The first kappa shape index (κ1) is 15.3. The number of ether oxygens (including phenoxy) is 1. The molecule has 4 nitrogen and oxygen atoms in total. The number of rotatable bonds is 7. The van der Waals surface area contributed by atoms with Gasteiger partial charge in [0.15, 0.2) is 0 Å². The average Bonchev–Trinajstić information content (AvgIpc) is 2.83. The summed E-state index contributed by atoms with van der Waals surface area (Å²) < 4.78 is 5.74. The molecule has 0 spiro atoms. The van der Waals surface area contributed by atoms with E-state index >= 15 is 0 Å². The van der Waals surface area contributed by atoms with Crippen molar-refractivity contribution in [2.24, 2.45) is 0 Å². The quantitative estimate of drug-likeness (QED) is 0.830. The molecule has 0 radical (unpaired) electrons. The highest BCUT2D eigenvalue weighted by atomic mass is 16.5. The van der Waals surface area contributed by atoms with Crippen LogP contribution >= 0.6 is 0 Å². The molecule has 1 N–H and O–H groups in total. The summed E-state index contributed by atoms with van der Waals surface area (Å²) in [6, 6.07) is 5.23. The van der Waals surface area contributed by atoms with Gasteiger partial charge >= 0.3 is 0 Å². The van der Waals surface area contributed by atoms with Crippen LogP contribution in [0.4, 0.5) is 0 Å². The van der Waals surface area contributed by atoms with Gasteiger partial charge in [0.2, 0.25) is 5.88 Å². The van der Waals surface area contributed by atoms with Crippen LogP contribution in [0.15, 0.2) is 18.3 Å². The number of aromatic nitrogens is 1. The molecular formula is C16H27N3O. The lowest BCUT2D eigenvalue weighted by molar-refractivity contribution is 0.228. The van der Waals surface area contributed by atoms with Gasteiger partial charge in [-0.2, -0.15) is 0 Å². The molecule has 1 saturated heterocycles. The van der Waals surface area contributed by atoms with Crippen molar-refractivity contribution in [1.29, 1.82) is 0 Å². The van der Waals surface area contributed by atoms with E-state index in [1.54, 1.807) is 0 Å². The van der Waals surface area contributed by atoms with Crippen LogP contribution in [0.25, 0.3) is 0 Å². The molecular weight excluding hydrogens is 250 g/mol. The van der Waals surface area contributed by atoms with E-state index in [0.717, 1.165) is 25.5 Å². The Morgan fingerprint density at radius 3 is 2.90 bits per heavy atom. The first-order chi connectivity index (χ1) is 9.65. The molecule has 1 fully saturated rings. The minimum atomic E-state index is 0.495. The van der Waals surface area contributed by atoms with Crippen molar-refractivity contribution in [2.45, 2.75) is 51.7 Å². The fourth-order valence-electron chi connectivity index (χ4n) is 2.57. The van der Waals surface area contributed by atoms with Gasteiger partial charge in [0.05, 0.1) is 6.61 Å². The number of hydrogen-bond acceptors (Lipinski definition) is 4. The SMILES string of the molecule is CC(C)NCc1ccc(OCCC2CCCN2C)nc1. The molecule has 0 bridgehead atoms. The van der Waals surface area contributed by atoms with E-state index in [0.29, 0.717) is 12.1 Å². The van der Waals surface area contributed by atoms with E-state index in [-0.39, 0.29) is 0 Å². The molecule has 0 amide bonds. The average molecular weight is 277 g/mol. The fourth-order valence-corrected chi connectivity index (χ4v) is 2.57. The van der Waals surface area contributed by atoms with Crippen LogP contribution in [0.3, 0.4) is 0 Å². The van der Waals surface area contributed by atoms with Gasteiger partial charge in [0.1, 0.15) is 0 Å². The second kappa shape index (κ2) is 7.60. The van der Waals surface area contributed by atoms with Gasteiger partial charge in [-0.15, -0.1) is 0 Å². The molecule has 1 atom stereocenters. The van der Waals surface area contributed by atoms with Gasteiger partial charge in [-0.05, 0) is 38.4 Å². The summed E-state index contributed by atoms with van der Waals surface area (Å²) in [7, 11) is 2.20. The number of nitrogens with one attached hydrogen (secondary N) is 1. The van der Waals surface area contributed by atoms with Gasteiger partial charge in [-0.1, -0.05) is 19.9 Å². The molecule has 4 heteroatoms. The molecule has 1 unspecified atom stereocenters. The highest BCUT2D eigenvalue weighted by Gasteiger charge is 2.20. The number of hydrogen-bond donors (Lipinski definition) is 1. The van der Waals surface area contributed by atoms with E-state index in [1.807, 2.05) is 12.3 Å². The first-order valence-electron chi connectivity index (χ1n) is 7.66. The summed E-state index contributed by atoms with van der Waals surface area (Å²) in [5.41, 5.74) is 1.20. The van der Waals surface area contributed by atoms with Crippen molar-refractivity contribution in [3.63, 3.8) is 0 Å². The monoisotopic (exact) mass is 277 g/mol. The zero-order valence-corrected chi connectivity index (χ0v) is 12.9. The summed E-state index contributed by atoms with van der Waals surface area (Å²) in [6.07, 6.45) is 5.60. The minimum absolute atomic E-state index is 0.495. The zero-order valence-electron chi connectivity index (χ0n) is 12.9. The van der Waals surface area contributed by atoms with Crippen LogP contribution in [0.1, 0.15) is 38.7 Å². The maximum absolute atomic E-state index is 5.74. The molecule has 20 heavy (non-hydrogen) atoms. The van der Waals surface area contributed by atoms with Crippen LogP contribution in [0.2, 0.25) is 0 Å². The molecule has 1 aromatic rings. The normalized spacial score (nSPS) is 19.7. The van der Waals surface area contributed by atoms with Gasteiger partial charge in [-0.25, -0.2) is 4.98 Å². The van der Waals surface area contributed by atoms with E-state index in [2.05, 4.69) is 42.2 Å². The van der Waals surface area contributed by atoms with Gasteiger partial charge < -0.3 is 15.0 Å². The lowest BCUT2D eigenvalue weighted by atomic mass is 10.1. The Hall–Kier alpha value is -1.13. The van der Waals surface area contributed by atoms with E-state index in [4.69, 9.17) is 4.74 Å². The van der Waals surface area contributed by atoms with Crippen LogP contribution in [0, 0.1) is 0 Å². The predicted molar refractivity (Wildman–Crippen MR) is 82.0 cm³/mol. The molecule has 1 aromatic heterocycles. The first-order valence-corrected chi connectivity index (χ1v) is 7.66. The van der Waals surface area contributed by atoms with Crippen molar-refractivity contribution in [3.05, 3.63) is 23.9 Å². The zero-order chi connectivity index (χ0) is 14.4. The van der Waals surface area contributed by atoms with Crippen LogP contribution in [-0.2, 0) is 6.54 Å². The highest BCUT2D eigenvalue weighted by molar-refractivity contribution is 5.17. The third-order valence-corrected chi connectivity index (χ3v) is 3.88. The Morgan fingerprint density at radius 1 is 1.45 bits per heavy atom. The van der Waals surface area contributed by atoms with Crippen molar-refractivity contribution in [3.8, 4) is 5.88 Å². The van der Waals surface area contributed by atoms with Gasteiger partial charge in [0.25, 0.3) is 0 Å². The van der Waals surface area contributed by atoms with Gasteiger partial charge in [0, 0.05) is 30.9 Å². The van der Waals surface area contributed by atoms with E-state index in [9.17, 15) is 0 Å². The Balaban J connectivity index is 1.70. The fraction of sp³-hybridized carbons (Fsp3) is 0.688. The second-order valence-corrected chi connectivity index (χ2v) is 5.95. The number of likely N-dealkylation sites (tertiary alicyclic amines) is 1. The second-order valence-electron chi connectivity index (χ2n) is 5.95. The van der Waals surface area contributed by atoms with Crippen LogP contribution in [-0.4, -0.2) is 42.2 Å². The third kappa shape index (κ3) is 4.76. The smallest absolute Gasteiger partial charge is 0.213 e. The third-order valence-electron chi connectivity index (χ3n) is 3.88. The van der Waals surface area contributed by atoms with E-state index < -0.39 is 0 Å². The van der Waals surface area contributed by atoms with Crippen molar-refractivity contribution >= 4 is 0 Å². The molecule has 112 valence electrons. The topological polar surface area (TPSA) is 37.4 Å². The van der Waals surface area contributed by atoms with Crippen molar-refractivity contribution < 1.29 is 4.74 Å². The largest absolute Gasteiger partial charge is 0.478 e. The summed E-state index contributed by atoms with van der Waals surface area (Å²) in [5.74, 6) is 0.735. The number of pyridine rings is 1. The lowest BCUT2D eigenvalue weighted by Crippen LogP contribution is -2.26. The summed E-state index contributed by atoms with van der Waals surface area (Å²) in [5, 5.41) is 3.38. The molecule has 1 aliphatic heterocycles. The Labute approximate surface area is 122 Å².